The Labute approximate surface area is 196 Å². The SMILES string of the molecule is C=CCNS(=O)(=O)c1cccc(C(=O)Nc2ccc(OC(F)F)c(-c3ccc(OC)cc3)c2)c1. The van der Waals surface area contributed by atoms with Crippen molar-refractivity contribution >= 4 is 21.6 Å². The molecule has 0 aliphatic carbocycles. The Hall–Kier alpha value is -3.76. The van der Waals surface area contributed by atoms with Crippen molar-refractivity contribution in [2.24, 2.45) is 0 Å². The number of sulfonamides is 1. The maximum absolute atomic E-state index is 12.9. The molecule has 0 spiro atoms. The zero-order valence-electron chi connectivity index (χ0n) is 18.1. The van der Waals surface area contributed by atoms with Gasteiger partial charge in [-0.3, -0.25) is 4.79 Å². The molecule has 0 saturated heterocycles. The first kappa shape index (κ1) is 24.9. The molecule has 0 fully saturated rings. The van der Waals surface area contributed by atoms with Crippen LogP contribution in [0.5, 0.6) is 11.5 Å². The first-order chi connectivity index (χ1) is 16.2. The number of hydrogen-bond acceptors (Lipinski definition) is 5. The number of ether oxygens (including phenoxy) is 2. The fourth-order valence-corrected chi connectivity index (χ4v) is 4.11. The van der Waals surface area contributed by atoms with E-state index in [1.807, 2.05) is 0 Å². The molecule has 34 heavy (non-hydrogen) atoms. The number of alkyl halides is 2. The van der Waals surface area contributed by atoms with E-state index in [9.17, 15) is 22.0 Å². The van der Waals surface area contributed by atoms with E-state index in [0.29, 0.717) is 22.6 Å². The molecular weight excluding hydrogens is 466 g/mol. The Morgan fingerprint density at radius 3 is 2.47 bits per heavy atom. The van der Waals surface area contributed by atoms with E-state index in [1.54, 1.807) is 24.3 Å². The molecule has 0 unspecified atom stereocenters. The molecule has 0 aliphatic rings. The lowest BCUT2D eigenvalue weighted by atomic mass is 10.0. The van der Waals surface area contributed by atoms with Crippen LogP contribution in [0.4, 0.5) is 14.5 Å². The van der Waals surface area contributed by atoms with Crippen LogP contribution in [0.3, 0.4) is 0 Å². The van der Waals surface area contributed by atoms with Gasteiger partial charge in [0.15, 0.2) is 0 Å². The van der Waals surface area contributed by atoms with Crippen LogP contribution in [0.2, 0.25) is 0 Å². The van der Waals surface area contributed by atoms with Gasteiger partial charge < -0.3 is 14.8 Å². The van der Waals surface area contributed by atoms with E-state index >= 15 is 0 Å². The quantitative estimate of drug-likeness (QED) is 0.404. The summed E-state index contributed by atoms with van der Waals surface area (Å²) in [5.74, 6) is -0.0644. The lowest BCUT2D eigenvalue weighted by molar-refractivity contribution is -0.0494. The second-order valence-electron chi connectivity index (χ2n) is 6.94. The van der Waals surface area contributed by atoms with Gasteiger partial charge in [0.25, 0.3) is 5.91 Å². The molecule has 178 valence electrons. The molecule has 0 aromatic heterocycles. The van der Waals surface area contributed by atoms with Crippen LogP contribution in [0.25, 0.3) is 11.1 Å². The monoisotopic (exact) mass is 488 g/mol. The number of amides is 1. The van der Waals surface area contributed by atoms with E-state index in [0.717, 1.165) is 0 Å². The van der Waals surface area contributed by atoms with Crippen molar-refractivity contribution in [1.82, 2.24) is 4.72 Å². The Balaban J connectivity index is 1.90. The van der Waals surface area contributed by atoms with Crippen LogP contribution in [-0.2, 0) is 10.0 Å². The van der Waals surface area contributed by atoms with Crippen LogP contribution in [-0.4, -0.2) is 34.6 Å². The van der Waals surface area contributed by atoms with Crippen LogP contribution >= 0.6 is 0 Å². The normalized spacial score (nSPS) is 11.2. The molecule has 7 nitrogen and oxygen atoms in total. The molecule has 3 rings (SSSR count). The second kappa shape index (κ2) is 10.9. The Kier molecular flexibility index (Phi) is 7.98. The number of halogens is 2. The summed E-state index contributed by atoms with van der Waals surface area (Å²) in [5.41, 5.74) is 1.29. The number of methoxy groups -OCH3 is 1. The summed E-state index contributed by atoms with van der Waals surface area (Å²) in [6, 6.07) is 16.4. The highest BCUT2D eigenvalue weighted by atomic mass is 32.2. The molecule has 3 aromatic carbocycles. The highest BCUT2D eigenvalue weighted by Crippen LogP contribution is 2.34. The van der Waals surface area contributed by atoms with Crippen molar-refractivity contribution in [3.63, 3.8) is 0 Å². The summed E-state index contributed by atoms with van der Waals surface area (Å²) in [6.07, 6.45) is 1.40. The Morgan fingerprint density at radius 1 is 1.09 bits per heavy atom. The maximum Gasteiger partial charge on any atom is 0.387 e. The maximum atomic E-state index is 12.9. The van der Waals surface area contributed by atoms with Gasteiger partial charge in [-0.05, 0) is 54.1 Å². The Bertz CT molecular complexity index is 1280. The van der Waals surface area contributed by atoms with Gasteiger partial charge in [0, 0.05) is 23.4 Å². The third kappa shape index (κ3) is 6.18. The first-order valence-electron chi connectivity index (χ1n) is 9.99. The molecular formula is C24H22F2N2O5S. The van der Waals surface area contributed by atoms with Gasteiger partial charge in [-0.15, -0.1) is 6.58 Å². The molecule has 0 saturated carbocycles. The van der Waals surface area contributed by atoms with Crippen LogP contribution < -0.4 is 19.5 Å². The van der Waals surface area contributed by atoms with Gasteiger partial charge in [0.1, 0.15) is 11.5 Å². The van der Waals surface area contributed by atoms with Gasteiger partial charge in [0.2, 0.25) is 10.0 Å². The van der Waals surface area contributed by atoms with E-state index < -0.39 is 22.5 Å². The standard InChI is InChI=1S/C24H22F2N2O5S/c1-3-13-27-34(30,31)20-6-4-5-17(14-20)23(29)28-18-9-12-22(33-24(25)26)21(15-18)16-7-10-19(32-2)11-8-16/h3-12,14-15,24,27H,1,13H2,2H3,(H,28,29). The molecule has 3 aromatic rings. The molecule has 10 heteroatoms. The average molecular weight is 489 g/mol. The van der Waals surface area contributed by atoms with Crippen molar-refractivity contribution in [2.75, 3.05) is 19.0 Å². The summed E-state index contributed by atoms with van der Waals surface area (Å²) < 4.78 is 62.5. The number of nitrogens with one attached hydrogen (secondary N) is 2. The Morgan fingerprint density at radius 2 is 1.82 bits per heavy atom. The van der Waals surface area contributed by atoms with E-state index in [-0.39, 0.29) is 22.8 Å². The third-order valence-electron chi connectivity index (χ3n) is 4.68. The third-order valence-corrected chi connectivity index (χ3v) is 6.10. The van der Waals surface area contributed by atoms with Crippen molar-refractivity contribution in [3.05, 3.63) is 84.9 Å². The number of carbonyl (C=O) groups is 1. The molecule has 2 N–H and O–H groups in total. The van der Waals surface area contributed by atoms with Gasteiger partial charge in [0.05, 0.1) is 12.0 Å². The molecule has 0 heterocycles. The molecule has 0 radical (unpaired) electrons. The molecule has 1 amide bonds. The number of carbonyl (C=O) groups excluding carboxylic acids is 1. The summed E-state index contributed by atoms with van der Waals surface area (Å²) in [5, 5.41) is 2.66. The van der Waals surface area contributed by atoms with E-state index in [4.69, 9.17) is 4.74 Å². The minimum absolute atomic E-state index is 0.0416. The average Bonchev–Trinajstić information content (AvgIpc) is 2.83. The summed E-state index contributed by atoms with van der Waals surface area (Å²) in [6.45, 7) is 0.473. The van der Waals surface area contributed by atoms with Gasteiger partial charge in [-0.2, -0.15) is 8.78 Å². The van der Waals surface area contributed by atoms with E-state index in [1.165, 1.54) is 55.7 Å². The zero-order chi connectivity index (χ0) is 24.7. The van der Waals surface area contributed by atoms with Crippen LogP contribution in [0.1, 0.15) is 10.4 Å². The topological polar surface area (TPSA) is 93.7 Å². The lowest BCUT2D eigenvalue weighted by Crippen LogP contribution is -2.24. The van der Waals surface area contributed by atoms with E-state index in [2.05, 4.69) is 21.4 Å². The number of anilines is 1. The number of hydrogen-bond donors (Lipinski definition) is 2. The highest BCUT2D eigenvalue weighted by molar-refractivity contribution is 7.89. The van der Waals surface area contributed by atoms with Crippen molar-refractivity contribution in [2.45, 2.75) is 11.5 Å². The van der Waals surface area contributed by atoms with Gasteiger partial charge >= 0.3 is 6.61 Å². The summed E-state index contributed by atoms with van der Waals surface area (Å²) in [7, 11) is -2.31. The summed E-state index contributed by atoms with van der Waals surface area (Å²) in [4.78, 5) is 12.7. The fourth-order valence-electron chi connectivity index (χ4n) is 3.06. The van der Waals surface area contributed by atoms with Crippen LogP contribution in [0.15, 0.2) is 84.3 Å². The van der Waals surface area contributed by atoms with Crippen molar-refractivity contribution in [1.29, 1.82) is 0 Å². The molecule has 0 aliphatic heterocycles. The van der Waals surface area contributed by atoms with Crippen LogP contribution in [0, 0.1) is 0 Å². The fraction of sp³-hybridized carbons (Fsp3) is 0.125. The zero-order valence-corrected chi connectivity index (χ0v) is 18.9. The minimum atomic E-state index is -3.82. The number of benzene rings is 3. The van der Waals surface area contributed by atoms with Crippen molar-refractivity contribution in [3.8, 4) is 22.6 Å². The molecule has 0 atom stereocenters. The predicted molar refractivity (Wildman–Crippen MR) is 125 cm³/mol. The summed E-state index contributed by atoms with van der Waals surface area (Å²) >= 11 is 0. The van der Waals surface area contributed by atoms with Crippen molar-refractivity contribution < 1.29 is 31.5 Å². The smallest absolute Gasteiger partial charge is 0.387 e. The molecule has 0 bridgehead atoms. The van der Waals surface area contributed by atoms with Gasteiger partial charge in [-0.25, -0.2) is 13.1 Å². The van der Waals surface area contributed by atoms with Gasteiger partial charge in [-0.1, -0.05) is 24.3 Å². The lowest BCUT2D eigenvalue weighted by Gasteiger charge is -2.14. The first-order valence-corrected chi connectivity index (χ1v) is 11.5. The predicted octanol–water partition coefficient (Wildman–Crippen LogP) is 4.68. The largest absolute Gasteiger partial charge is 0.497 e. The second-order valence-corrected chi connectivity index (χ2v) is 8.71. The number of rotatable bonds is 10. The highest BCUT2D eigenvalue weighted by Gasteiger charge is 2.17. The minimum Gasteiger partial charge on any atom is -0.497 e.